The van der Waals surface area contributed by atoms with Crippen LogP contribution < -0.4 is 10.6 Å². The minimum atomic E-state index is -0.344. The predicted octanol–water partition coefficient (Wildman–Crippen LogP) is 1.79. The molecule has 1 aromatic carbocycles. The van der Waals surface area contributed by atoms with Gasteiger partial charge in [0.25, 0.3) is 0 Å². The molecule has 0 bridgehead atoms. The van der Waals surface area contributed by atoms with Crippen molar-refractivity contribution in [1.29, 1.82) is 0 Å². The molecule has 0 unspecified atom stereocenters. The van der Waals surface area contributed by atoms with Crippen molar-refractivity contribution >= 4 is 5.91 Å². The summed E-state index contributed by atoms with van der Waals surface area (Å²) in [6.45, 7) is 2.56. The maximum atomic E-state index is 13.3. The Labute approximate surface area is 172 Å². The van der Waals surface area contributed by atoms with E-state index in [1.807, 2.05) is 19.4 Å². The number of carbonyl (C=O) groups excluding carboxylic acids is 1. The highest BCUT2D eigenvalue weighted by Crippen LogP contribution is 2.38. The second-order valence-electron chi connectivity index (χ2n) is 9.08. The Kier molecular flexibility index (Phi) is 4.92. The second kappa shape index (κ2) is 7.58. The van der Waals surface area contributed by atoms with Crippen LogP contribution in [0.5, 0.6) is 0 Å². The fourth-order valence-electron chi connectivity index (χ4n) is 5.71. The number of benzene rings is 1. The lowest BCUT2D eigenvalue weighted by molar-refractivity contribution is -0.134. The lowest BCUT2D eigenvalue weighted by Crippen LogP contribution is -2.57. The van der Waals surface area contributed by atoms with Gasteiger partial charge in [-0.1, -0.05) is 24.3 Å². The van der Waals surface area contributed by atoms with Gasteiger partial charge in [0, 0.05) is 44.0 Å². The molecule has 0 radical (unpaired) electrons. The van der Waals surface area contributed by atoms with E-state index in [9.17, 15) is 4.79 Å². The number of nitrogens with one attached hydrogen (secondary N) is 2. The van der Waals surface area contributed by atoms with Gasteiger partial charge in [-0.15, -0.1) is 0 Å². The van der Waals surface area contributed by atoms with Crippen molar-refractivity contribution in [2.24, 2.45) is 7.05 Å². The molecule has 3 heterocycles. The summed E-state index contributed by atoms with van der Waals surface area (Å²) in [5.41, 5.74) is 3.66. The van der Waals surface area contributed by atoms with Crippen LogP contribution in [0.25, 0.3) is 0 Å². The minimum Gasteiger partial charge on any atom is -0.350 e. The summed E-state index contributed by atoms with van der Waals surface area (Å²) < 4.78 is 1.78. The van der Waals surface area contributed by atoms with E-state index in [2.05, 4.69) is 44.9 Å². The van der Waals surface area contributed by atoms with Crippen LogP contribution in [0.4, 0.5) is 0 Å². The van der Waals surface area contributed by atoms with Crippen LogP contribution in [0, 0.1) is 0 Å². The number of fused-ring (bicyclic) bond motifs is 2. The zero-order valence-electron chi connectivity index (χ0n) is 17.2. The zero-order valence-corrected chi connectivity index (χ0v) is 17.2. The highest BCUT2D eigenvalue weighted by atomic mass is 16.2. The quantitative estimate of drug-likeness (QED) is 0.813. The molecule has 2 atom stereocenters. The number of carbonyl (C=O) groups is 1. The van der Waals surface area contributed by atoms with E-state index in [0.29, 0.717) is 18.6 Å². The standard InChI is InChI=1S/C23H31N5O/c1-27-15-17(14-25-27)13-24-22(29)23-8-4-5-9-28(23)16-21(12-23)26-20-10-18-6-2-3-7-19(18)11-20/h2-3,6-7,14-15,20-21,26H,4-5,8-13,16H2,1H3,(H,24,29)/t21-,23+/m0/s1. The summed E-state index contributed by atoms with van der Waals surface area (Å²) >= 11 is 0. The third-order valence-corrected chi connectivity index (χ3v) is 7.06. The van der Waals surface area contributed by atoms with Gasteiger partial charge in [0.05, 0.1) is 6.20 Å². The first-order valence-electron chi connectivity index (χ1n) is 11.0. The van der Waals surface area contributed by atoms with Crippen molar-refractivity contribution in [3.8, 4) is 0 Å². The van der Waals surface area contributed by atoms with Gasteiger partial charge in [-0.2, -0.15) is 5.10 Å². The monoisotopic (exact) mass is 393 g/mol. The summed E-state index contributed by atoms with van der Waals surface area (Å²) in [6, 6.07) is 9.66. The van der Waals surface area contributed by atoms with Crippen molar-refractivity contribution in [2.45, 2.75) is 62.7 Å². The van der Waals surface area contributed by atoms with E-state index < -0.39 is 0 Å². The molecular formula is C23H31N5O. The van der Waals surface area contributed by atoms with Crippen LogP contribution in [0.15, 0.2) is 36.7 Å². The van der Waals surface area contributed by atoms with E-state index in [-0.39, 0.29) is 11.4 Å². The van der Waals surface area contributed by atoms with Crippen LogP contribution in [-0.2, 0) is 31.2 Å². The van der Waals surface area contributed by atoms with Gasteiger partial charge in [-0.3, -0.25) is 14.4 Å². The number of aryl methyl sites for hydroxylation is 1. The molecule has 1 aliphatic carbocycles. The van der Waals surface area contributed by atoms with Crippen molar-refractivity contribution in [2.75, 3.05) is 13.1 Å². The van der Waals surface area contributed by atoms with Gasteiger partial charge >= 0.3 is 0 Å². The lowest BCUT2D eigenvalue weighted by Gasteiger charge is -2.40. The number of hydrogen-bond acceptors (Lipinski definition) is 4. The SMILES string of the molecule is Cn1cc(CNC(=O)[C@]23CCCCN2C[C@@H](NC2Cc4ccccc4C2)C3)cn1. The summed E-state index contributed by atoms with van der Waals surface area (Å²) in [5.74, 6) is 0.195. The van der Waals surface area contributed by atoms with E-state index >= 15 is 0 Å². The number of aromatic nitrogens is 2. The third-order valence-electron chi connectivity index (χ3n) is 7.06. The fourth-order valence-corrected chi connectivity index (χ4v) is 5.71. The van der Waals surface area contributed by atoms with Crippen molar-refractivity contribution in [1.82, 2.24) is 25.3 Å². The highest BCUT2D eigenvalue weighted by molar-refractivity contribution is 5.87. The summed E-state index contributed by atoms with van der Waals surface area (Å²) in [6.07, 6.45) is 10.2. The number of hydrogen-bond donors (Lipinski definition) is 2. The van der Waals surface area contributed by atoms with Crippen LogP contribution in [0.3, 0.4) is 0 Å². The molecule has 0 saturated carbocycles. The molecule has 2 fully saturated rings. The average Bonchev–Trinajstić information content (AvgIpc) is 3.42. The molecule has 6 heteroatoms. The Hall–Kier alpha value is -2.18. The molecule has 1 amide bonds. The van der Waals surface area contributed by atoms with Crippen LogP contribution >= 0.6 is 0 Å². The third kappa shape index (κ3) is 3.60. The van der Waals surface area contributed by atoms with Crippen molar-refractivity contribution in [3.05, 3.63) is 53.3 Å². The first kappa shape index (κ1) is 18.8. The first-order chi connectivity index (χ1) is 14.1. The number of piperidine rings is 1. The van der Waals surface area contributed by atoms with Gasteiger partial charge in [0.15, 0.2) is 0 Å². The van der Waals surface area contributed by atoms with Crippen LogP contribution in [0.2, 0.25) is 0 Å². The fraction of sp³-hybridized carbons (Fsp3) is 0.565. The smallest absolute Gasteiger partial charge is 0.240 e. The molecule has 2 aliphatic heterocycles. The summed E-state index contributed by atoms with van der Waals surface area (Å²) in [4.78, 5) is 15.8. The number of amides is 1. The summed E-state index contributed by atoms with van der Waals surface area (Å²) in [7, 11) is 1.90. The predicted molar refractivity (Wildman–Crippen MR) is 112 cm³/mol. The van der Waals surface area contributed by atoms with E-state index in [1.54, 1.807) is 4.68 Å². The van der Waals surface area contributed by atoms with Crippen molar-refractivity contribution in [3.63, 3.8) is 0 Å². The Morgan fingerprint density at radius 2 is 2.00 bits per heavy atom. The molecular weight excluding hydrogens is 362 g/mol. The number of rotatable bonds is 5. The Morgan fingerprint density at radius 3 is 2.72 bits per heavy atom. The Morgan fingerprint density at radius 1 is 1.21 bits per heavy atom. The normalized spacial score (nSPS) is 27.0. The molecule has 5 rings (SSSR count). The first-order valence-corrected chi connectivity index (χ1v) is 11.0. The Balaban J connectivity index is 1.24. The molecule has 2 saturated heterocycles. The van der Waals surface area contributed by atoms with Gasteiger partial charge in [0.1, 0.15) is 5.54 Å². The van der Waals surface area contributed by atoms with E-state index in [1.165, 1.54) is 17.5 Å². The van der Waals surface area contributed by atoms with Crippen molar-refractivity contribution < 1.29 is 4.79 Å². The molecule has 6 nitrogen and oxygen atoms in total. The van der Waals surface area contributed by atoms with Gasteiger partial charge in [0.2, 0.25) is 5.91 Å². The molecule has 3 aliphatic rings. The van der Waals surface area contributed by atoms with E-state index in [4.69, 9.17) is 0 Å². The molecule has 154 valence electrons. The summed E-state index contributed by atoms with van der Waals surface area (Å²) in [5, 5.41) is 11.3. The highest BCUT2D eigenvalue weighted by Gasteiger charge is 2.52. The lowest BCUT2D eigenvalue weighted by atomic mass is 9.84. The molecule has 2 aromatic rings. The maximum absolute atomic E-state index is 13.3. The van der Waals surface area contributed by atoms with E-state index in [0.717, 1.165) is 50.8 Å². The van der Waals surface area contributed by atoms with Gasteiger partial charge in [-0.25, -0.2) is 0 Å². The average molecular weight is 394 g/mol. The molecule has 29 heavy (non-hydrogen) atoms. The Bertz CT molecular complexity index is 868. The van der Waals surface area contributed by atoms with Gasteiger partial charge < -0.3 is 10.6 Å². The van der Waals surface area contributed by atoms with Crippen LogP contribution in [-0.4, -0.2) is 51.3 Å². The second-order valence-corrected chi connectivity index (χ2v) is 9.08. The minimum absolute atomic E-state index is 0.195. The largest absolute Gasteiger partial charge is 0.350 e. The zero-order chi connectivity index (χ0) is 19.8. The molecule has 1 aromatic heterocycles. The van der Waals surface area contributed by atoms with Crippen LogP contribution in [0.1, 0.15) is 42.4 Å². The van der Waals surface area contributed by atoms with Gasteiger partial charge in [-0.05, 0) is 56.2 Å². The number of nitrogens with zero attached hydrogens (tertiary/aromatic N) is 3. The maximum Gasteiger partial charge on any atom is 0.240 e. The topological polar surface area (TPSA) is 62.2 Å². The molecule has 0 spiro atoms. The molecule has 2 N–H and O–H groups in total.